The summed E-state index contributed by atoms with van der Waals surface area (Å²) in [6.07, 6.45) is -0.0415. The molecule has 124 valence electrons. The third-order valence-electron chi connectivity index (χ3n) is 3.34. The van der Waals surface area contributed by atoms with E-state index in [9.17, 15) is 13.2 Å². The lowest BCUT2D eigenvalue weighted by Crippen LogP contribution is -2.27. The molecule has 0 aliphatic rings. The molecular formula is C15H13ClN4O3S. The molecule has 0 saturated heterocycles. The monoisotopic (exact) mass is 364 g/mol. The van der Waals surface area contributed by atoms with Gasteiger partial charge in [0.05, 0.1) is 10.4 Å². The molecule has 0 unspecified atom stereocenters. The van der Waals surface area contributed by atoms with Gasteiger partial charge in [0, 0.05) is 18.0 Å². The van der Waals surface area contributed by atoms with Gasteiger partial charge >= 0.3 is 0 Å². The number of nitrogens with zero attached hydrogens (tertiary/aromatic N) is 3. The van der Waals surface area contributed by atoms with E-state index in [4.69, 9.17) is 11.6 Å². The molecule has 24 heavy (non-hydrogen) atoms. The lowest BCUT2D eigenvalue weighted by molar-refractivity contribution is 0.0892. The largest absolute Gasteiger partial charge is 0.272 e. The maximum Gasteiger partial charge on any atom is 0.250 e. The van der Waals surface area contributed by atoms with Crippen LogP contribution in [0.5, 0.6) is 0 Å². The number of para-hydroxylation sites is 1. The summed E-state index contributed by atoms with van der Waals surface area (Å²) in [5, 5.41) is 8.14. The zero-order valence-electron chi connectivity index (χ0n) is 12.4. The lowest BCUT2D eigenvalue weighted by atomic mass is 10.3. The molecule has 0 aliphatic carbocycles. The minimum Gasteiger partial charge on any atom is -0.272 e. The van der Waals surface area contributed by atoms with E-state index in [1.165, 1.54) is 28.9 Å². The summed E-state index contributed by atoms with van der Waals surface area (Å²) < 4.78 is 27.8. The highest BCUT2D eigenvalue weighted by atomic mass is 35.5. The molecular weight excluding hydrogens is 352 g/mol. The van der Waals surface area contributed by atoms with Crippen LogP contribution in [-0.2, 0) is 10.0 Å². The second-order valence-corrected chi connectivity index (χ2v) is 7.19. The standard InChI is InChI=1S/C15H13ClN4O3S/c16-11-5-7-12(8-6-11)24(22,23)17-10-9-15(21)20-14-4-2-1-3-13(14)18-19-20/h1-8,17H,9-10H2. The minimum absolute atomic E-state index is 0.0415. The molecule has 0 saturated carbocycles. The first-order chi connectivity index (χ1) is 11.5. The lowest BCUT2D eigenvalue weighted by Gasteiger charge is -2.06. The molecule has 9 heteroatoms. The van der Waals surface area contributed by atoms with Crippen molar-refractivity contribution < 1.29 is 13.2 Å². The normalized spacial score (nSPS) is 11.7. The van der Waals surface area contributed by atoms with Crippen molar-refractivity contribution in [1.82, 2.24) is 19.7 Å². The second kappa shape index (κ2) is 6.68. The summed E-state index contributed by atoms with van der Waals surface area (Å²) in [6, 6.07) is 12.8. The van der Waals surface area contributed by atoms with E-state index in [1.807, 2.05) is 0 Å². The molecule has 3 aromatic rings. The highest BCUT2D eigenvalue weighted by Crippen LogP contribution is 2.14. The Morgan fingerprint density at radius 1 is 1.12 bits per heavy atom. The van der Waals surface area contributed by atoms with Crippen molar-refractivity contribution in [3.05, 3.63) is 53.6 Å². The molecule has 0 bridgehead atoms. The SMILES string of the molecule is O=C(CCNS(=O)(=O)c1ccc(Cl)cc1)n1nnc2ccccc21. The van der Waals surface area contributed by atoms with Crippen molar-refractivity contribution in [3.8, 4) is 0 Å². The fraction of sp³-hybridized carbons (Fsp3) is 0.133. The Morgan fingerprint density at radius 3 is 2.58 bits per heavy atom. The summed E-state index contributed by atoms with van der Waals surface area (Å²) >= 11 is 5.74. The van der Waals surface area contributed by atoms with Crippen LogP contribution in [0.2, 0.25) is 5.02 Å². The fourth-order valence-electron chi connectivity index (χ4n) is 2.15. The van der Waals surface area contributed by atoms with Crippen LogP contribution in [0.25, 0.3) is 11.0 Å². The highest BCUT2D eigenvalue weighted by molar-refractivity contribution is 7.89. The average molecular weight is 365 g/mol. The first-order valence-corrected chi connectivity index (χ1v) is 8.92. The van der Waals surface area contributed by atoms with Gasteiger partial charge in [-0.2, -0.15) is 4.68 Å². The average Bonchev–Trinajstić information content (AvgIpc) is 2.99. The number of hydrogen-bond acceptors (Lipinski definition) is 5. The van der Waals surface area contributed by atoms with E-state index >= 15 is 0 Å². The predicted molar refractivity (Wildman–Crippen MR) is 89.4 cm³/mol. The molecule has 0 fully saturated rings. The number of halogens is 1. The van der Waals surface area contributed by atoms with Gasteiger partial charge in [0.2, 0.25) is 15.9 Å². The summed E-state index contributed by atoms with van der Waals surface area (Å²) in [7, 11) is -3.69. The third-order valence-corrected chi connectivity index (χ3v) is 5.07. The Morgan fingerprint density at radius 2 is 1.83 bits per heavy atom. The van der Waals surface area contributed by atoms with Gasteiger partial charge in [-0.05, 0) is 36.4 Å². The van der Waals surface area contributed by atoms with Crippen LogP contribution in [0.1, 0.15) is 11.2 Å². The minimum atomic E-state index is -3.69. The Bertz CT molecular complexity index is 983. The van der Waals surface area contributed by atoms with Crippen molar-refractivity contribution in [1.29, 1.82) is 0 Å². The Labute approximate surface area is 143 Å². The van der Waals surface area contributed by atoms with Crippen LogP contribution in [-0.4, -0.2) is 35.9 Å². The molecule has 0 amide bonds. The quantitative estimate of drug-likeness (QED) is 0.748. The number of carbonyl (C=O) groups is 1. The number of hydrogen-bond donors (Lipinski definition) is 1. The van der Waals surface area contributed by atoms with Crippen LogP contribution < -0.4 is 4.72 Å². The van der Waals surface area contributed by atoms with Crippen molar-refractivity contribution in [2.24, 2.45) is 0 Å². The fourth-order valence-corrected chi connectivity index (χ4v) is 3.31. The number of nitrogens with one attached hydrogen (secondary N) is 1. The predicted octanol–water partition coefficient (Wildman–Crippen LogP) is 2.09. The Hall–Kier alpha value is -2.29. The van der Waals surface area contributed by atoms with Crippen LogP contribution >= 0.6 is 11.6 Å². The van der Waals surface area contributed by atoms with Crippen LogP contribution in [0, 0.1) is 0 Å². The molecule has 0 atom stereocenters. The number of rotatable bonds is 5. The van der Waals surface area contributed by atoms with E-state index in [1.54, 1.807) is 24.3 Å². The molecule has 2 aromatic carbocycles. The van der Waals surface area contributed by atoms with E-state index in [0.717, 1.165) is 0 Å². The number of fused-ring (bicyclic) bond motifs is 1. The summed E-state index contributed by atoms with van der Waals surface area (Å²) in [4.78, 5) is 12.3. The number of aromatic nitrogens is 3. The van der Waals surface area contributed by atoms with E-state index < -0.39 is 10.0 Å². The van der Waals surface area contributed by atoms with Gasteiger partial charge < -0.3 is 0 Å². The first kappa shape index (κ1) is 16.6. The van der Waals surface area contributed by atoms with Crippen molar-refractivity contribution in [3.63, 3.8) is 0 Å². The molecule has 1 N–H and O–H groups in total. The first-order valence-electron chi connectivity index (χ1n) is 7.06. The molecule has 1 heterocycles. The molecule has 1 aromatic heterocycles. The topological polar surface area (TPSA) is 94.0 Å². The smallest absolute Gasteiger partial charge is 0.250 e. The Balaban J connectivity index is 1.65. The summed E-state index contributed by atoms with van der Waals surface area (Å²) in [6.45, 7) is -0.0437. The van der Waals surface area contributed by atoms with Gasteiger partial charge in [-0.3, -0.25) is 4.79 Å². The molecule has 0 aliphatic heterocycles. The molecule has 0 radical (unpaired) electrons. The van der Waals surface area contributed by atoms with Crippen molar-refractivity contribution in [2.45, 2.75) is 11.3 Å². The highest BCUT2D eigenvalue weighted by Gasteiger charge is 2.16. The van der Waals surface area contributed by atoms with Crippen LogP contribution in [0.15, 0.2) is 53.4 Å². The number of sulfonamides is 1. The maximum atomic E-state index is 12.2. The van der Waals surface area contributed by atoms with Crippen molar-refractivity contribution >= 4 is 38.6 Å². The molecule has 0 spiro atoms. The van der Waals surface area contributed by atoms with Gasteiger partial charge in [0.15, 0.2) is 0 Å². The zero-order chi connectivity index (χ0) is 17.2. The van der Waals surface area contributed by atoms with Crippen molar-refractivity contribution in [2.75, 3.05) is 6.54 Å². The third kappa shape index (κ3) is 3.45. The van der Waals surface area contributed by atoms with Gasteiger partial charge in [-0.1, -0.05) is 28.9 Å². The second-order valence-electron chi connectivity index (χ2n) is 4.99. The van der Waals surface area contributed by atoms with Crippen LogP contribution in [0.4, 0.5) is 0 Å². The summed E-state index contributed by atoms with van der Waals surface area (Å²) in [5.41, 5.74) is 1.19. The maximum absolute atomic E-state index is 12.2. The molecule has 7 nitrogen and oxygen atoms in total. The van der Waals surface area contributed by atoms with E-state index in [-0.39, 0.29) is 23.8 Å². The summed E-state index contributed by atoms with van der Waals surface area (Å²) in [5.74, 6) is -0.345. The van der Waals surface area contributed by atoms with E-state index in [0.29, 0.717) is 16.1 Å². The Kier molecular flexibility index (Phi) is 4.61. The molecule has 3 rings (SSSR count). The van der Waals surface area contributed by atoms with Gasteiger partial charge in [0.25, 0.3) is 0 Å². The van der Waals surface area contributed by atoms with Gasteiger partial charge in [-0.15, -0.1) is 5.10 Å². The number of carbonyl (C=O) groups excluding carboxylic acids is 1. The zero-order valence-corrected chi connectivity index (χ0v) is 14.0. The van der Waals surface area contributed by atoms with Crippen LogP contribution in [0.3, 0.4) is 0 Å². The van der Waals surface area contributed by atoms with Gasteiger partial charge in [-0.25, -0.2) is 13.1 Å². The van der Waals surface area contributed by atoms with Gasteiger partial charge in [0.1, 0.15) is 5.52 Å². The van der Waals surface area contributed by atoms with E-state index in [2.05, 4.69) is 15.0 Å². The number of benzene rings is 2.